The molecule has 0 unspecified atom stereocenters. The highest BCUT2D eigenvalue weighted by Crippen LogP contribution is 2.29. The minimum Gasteiger partial charge on any atom is -0.449 e. The summed E-state index contributed by atoms with van der Waals surface area (Å²) in [6.45, 7) is 1.54. The van der Waals surface area contributed by atoms with Crippen molar-refractivity contribution in [3.05, 3.63) is 65.2 Å². The Labute approximate surface area is 180 Å². The average Bonchev–Trinajstić information content (AvgIpc) is 3.12. The van der Waals surface area contributed by atoms with Crippen LogP contribution in [-0.4, -0.2) is 29.8 Å². The van der Waals surface area contributed by atoms with Gasteiger partial charge in [-0.15, -0.1) is 0 Å². The van der Waals surface area contributed by atoms with Gasteiger partial charge in [-0.25, -0.2) is 4.79 Å². The van der Waals surface area contributed by atoms with Crippen molar-refractivity contribution in [2.45, 2.75) is 51.2 Å². The van der Waals surface area contributed by atoms with Crippen molar-refractivity contribution in [1.29, 1.82) is 0 Å². The fraction of sp³-hybridized carbons (Fsp3) is 0.333. The minimum atomic E-state index is -0.956. The van der Waals surface area contributed by atoms with Crippen LogP contribution in [0.5, 0.6) is 0 Å². The molecule has 1 aliphatic heterocycles. The smallest absolute Gasteiger partial charge is 0.338 e. The number of hydrogen-bond acceptors (Lipinski definition) is 5. The second-order valence-corrected chi connectivity index (χ2v) is 7.87. The van der Waals surface area contributed by atoms with Gasteiger partial charge in [0.2, 0.25) is 11.8 Å². The van der Waals surface area contributed by atoms with E-state index >= 15 is 0 Å². The van der Waals surface area contributed by atoms with Crippen LogP contribution in [0, 0.1) is 0 Å². The summed E-state index contributed by atoms with van der Waals surface area (Å²) in [5, 5.41) is 2.99. The lowest BCUT2D eigenvalue weighted by atomic mass is 9.87. The fourth-order valence-electron chi connectivity index (χ4n) is 4.09. The molecule has 160 valence electrons. The Bertz CT molecular complexity index is 1010. The Kier molecular flexibility index (Phi) is 5.84. The maximum absolute atomic E-state index is 12.6. The Morgan fingerprint density at radius 2 is 1.68 bits per heavy atom. The van der Waals surface area contributed by atoms with Crippen molar-refractivity contribution in [3.8, 4) is 0 Å². The molecular formula is C24H24N2O5. The molecule has 0 aromatic heterocycles. The first kappa shape index (κ1) is 20.8. The van der Waals surface area contributed by atoms with Crippen LogP contribution in [0.15, 0.2) is 48.5 Å². The molecule has 2 aliphatic rings. The van der Waals surface area contributed by atoms with Gasteiger partial charge in [-0.1, -0.05) is 24.3 Å². The quantitative estimate of drug-likeness (QED) is 0.593. The van der Waals surface area contributed by atoms with E-state index in [1.54, 1.807) is 0 Å². The Balaban J connectivity index is 1.37. The van der Waals surface area contributed by atoms with Crippen LogP contribution in [0.4, 0.5) is 5.69 Å². The second-order valence-electron chi connectivity index (χ2n) is 7.87. The molecule has 0 bridgehead atoms. The number of benzene rings is 2. The maximum atomic E-state index is 12.6. The van der Waals surface area contributed by atoms with Crippen molar-refractivity contribution >= 4 is 29.4 Å². The highest BCUT2D eigenvalue weighted by molar-refractivity contribution is 6.19. The molecule has 1 N–H and O–H groups in total. The number of ether oxygens (including phenoxy) is 1. The number of fused-ring (bicyclic) bond motifs is 1. The van der Waals surface area contributed by atoms with E-state index in [0.29, 0.717) is 5.69 Å². The lowest BCUT2D eigenvalue weighted by molar-refractivity contribution is -0.130. The summed E-state index contributed by atoms with van der Waals surface area (Å²) in [5.41, 5.74) is 3.01. The van der Waals surface area contributed by atoms with Crippen LogP contribution in [-0.2, 0) is 25.5 Å². The number of imide groups is 1. The molecule has 4 rings (SSSR count). The first-order chi connectivity index (χ1) is 14.9. The molecule has 0 spiro atoms. The molecule has 7 nitrogen and oxygen atoms in total. The van der Waals surface area contributed by atoms with Gasteiger partial charge in [-0.05, 0) is 61.6 Å². The Morgan fingerprint density at radius 3 is 2.39 bits per heavy atom. The van der Waals surface area contributed by atoms with Gasteiger partial charge in [-0.2, -0.15) is 0 Å². The van der Waals surface area contributed by atoms with E-state index in [-0.39, 0.29) is 42.2 Å². The number of anilines is 1. The molecule has 0 radical (unpaired) electrons. The second kappa shape index (κ2) is 8.71. The number of rotatable bonds is 5. The molecule has 2 atom stereocenters. The van der Waals surface area contributed by atoms with Crippen LogP contribution in [0.3, 0.4) is 0 Å². The third-order valence-corrected chi connectivity index (χ3v) is 5.75. The minimum absolute atomic E-state index is 0.0894. The molecule has 1 heterocycles. The third-order valence-electron chi connectivity index (χ3n) is 5.75. The van der Waals surface area contributed by atoms with Gasteiger partial charge in [0.15, 0.2) is 6.10 Å². The zero-order valence-electron chi connectivity index (χ0n) is 17.3. The summed E-state index contributed by atoms with van der Waals surface area (Å²) in [4.78, 5) is 49.9. The van der Waals surface area contributed by atoms with Crippen molar-refractivity contribution < 1.29 is 23.9 Å². The molecule has 7 heteroatoms. The van der Waals surface area contributed by atoms with E-state index < -0.39 is 12.1 Å². The molecule has 2 aromatic rings. The molecule has 3 amide bonds. The average molecular weight is 420 g/mol. The van der Waals surface area contributed by atoms with Crippen LogP contribution >= 0.6 is 0 Å². The summed E-state index contributed by atoms with van der Waals surface area (Å²) in [5.74, 6) is -1.50. The van der Waals surface area contributed by atoms with Gasteiger partial charge in [0.05, 0.1) is 17.3 Å². The van der Waals surface area contributed by atoms with E-state index in [2.05, 4.69) is 11.4 Å². The largest absolute Gasteiger partial charge is 0.449 e. The van der Waals surface area contributed by atoms with E-state index in [1.807, 2.05) is 18.2 Å². The summed E-state index contributed by atoms with van der Waals surface area (Å²) in [7, 11) is 0. The van der Waals surface area contributed by atoms with Crippen molar-refractivity contribution in [1.82, 2.24) is 5.32 Å². The third kappa shape index (κ3) is 4.35. The number of hydrogen-bond donors (Lipinski definition) is 1. The van der Waals surface area contributed by atoms with Crippen LogP contribution in [0.25, 0.3) is 0 Å². The molecule has 0 saturated carbocycles. The highest BCUT2D eigenvalue weighted by atomic mass is 16.5. The molecule has 1 saturated heterocycles. The van der Waals surface area contributed by atoms with Crippen LogP contribution < -0.4 is 10.2 Å². The first-order valence-corrected chi connectivity index (χ1v) is 10.5. The zero-order chi connectivity index (χ0) is 22.0. The zero-order valence-corrected chi connectivity index (χ0v) is 17.3. The first-order valence-electron chi connectivity index (χ1n) is 10.5. The summed E-state index contributed by atoms with van der Waals surface area (Å²) < 4.78 is 5.34. The van der Waals surface area contributed by atoms with E-state index in [0.717, 1.165) is 29.7 Å². The standard InChI is InChI=1S/C24H24N2O5/c1-15(23(29)25-20-8-4-6-16-5-2-3-7-19(16)20)31-24(30)17-9-11-18(12-10-17)26-21(27)13-14-22(26)28/h2-3,5,7,9-12,15,20H,4,6,8,13-14H2,1H3,(H,25,29)/t15-,20+/m0/s1. The number of carbonyl (C=O) groups excluding carboxylic acids is 4. The lowest BCUT2D eigenvalue weighted by Gasteiger charge is -2.27. The van der Waals surface area contributed by atoms with Gasteiger partial charge in [0, 0.05) is 12.8 Å². The molecule has 31 heavy (non-hydrogen) atoms. The van der Waals surface area contributed by atoms with Crippen molar-refractivity contribution in [2.24, 2.45) is 0 Å². The summed E-state index contributed by atoms with van der Waals surface area (Å²) >= 11 is 0. The van der Waals surface area contributed by atoms with Gasteiger partial charge in [0.1, 0.15) is 0 Å². The van der Waals surface area contributed by atoms with Crippen molar-refractivity contribution in [2.75, 3.05) is 4.90 Å². The highest BCUT2D eigenvalue weighted by Gasteiger charge is 2.30. The molecule has 2 aromatic carbocycles. The number of esters is 1. The van der Waals surface area contributed by atoms with E-state index in [4.69, 9.17) is 4.74 Å². The Hall–Kier alpha value is -3.48. The van der Waals surface area contributed by atoms with Gasteiger partial charge < -0.3 is 10.1 Å². The van der Waals surface area contributed by atoms with Gasteiger partial charge >= 0.3 is 5.97 Å². The lowest BCUT2D eigenvalue weighted by Crippen LogP contribution is -2.39. The monoisotopic (exact) mass is 420 g/mol. The predicted octanol–water partition coefficient (Wildman–Crippen LogP) is 3.08. The van der Waals surface area contributed by atoms with E-state index in [1.165, 1.54) is 36.8 Å². The Morgan fingerprint density at radius 1 is 1.00 bits per heavy atom. The normalized spacial score (nSPS) is 19.0. The molecular weight excluding hydrogens is 396 g/mol. The van der Waals surface area contributed by atoms with Crippen molar-refractivity contribution in [3.63, 3.8) is 0 Å². The maximum Gasteiger partial charge on any atom is 0.338 e. The number of nitrogens with zero attached hydrogens (tertiary/aromatic N) is 1. The van der Waals surface area contributed by atoms with Crippen LogP contribution in [0.1, 0.15) is 60.1 Å². The SMILES string of the molecule is C[C@H](OC(=O)c1ccc(N2C(=O)CCC2=O)cc1)C(=O)N[C@@H]1CCCc2ccccc21. The summed E-state index contributed by atoms with van der Waals surface area (Å²) in [6.07, 6.45) is 2.27. The summed E-state index contributed by atoms with van der Waals surface area (Å²) in [6, 6.07) is 14.0. The van der Waals surface area contributed by atoms with E-state index in [9.17, 15) is 19.2 Å². The van der Waals surface area contributed by atoms with Crippen LogP contribution in [0.2, 0.25) is 0 Å². The van der Waals surface area contributed by atoms with Gasteiger partial charge in [-0.3, -0.25) is 19.3 Å². The predicted molar refractivity (Wildman–Crippen MR) is 113 cm³/mol. The molecule has 1 aliphatic carbocycles. The number of aryl methyl sites for hydroxylation is 1. The van der Waals surface area contributed by atoms with Gasteiger partial charge in [0.25, 0.3) is 5.91 Å². The molecule has 1 fully saturated rings. The number of carbonyl (C=O) groups is 4. The fourth-order valence-corrected chi connectivity index (χ4v) is 4.09. The topological polar surface area (TPSA) is 92.8 Å². The number of amides is 3. The number of nitrogens with one attached hydrogen (secondary N) is 1.